The molecule has 20 heavy (non-hydrogen) atoms. The number of benzene rings is 1. The van der Waals surface area contributed by atoms with Gasteiger partial charge in [0, 0.05) is 12.7 Å². The summed E-state index contributed by atoms with van der Waals surface area (Å²) in [7, 11) is 0. The number of nitrogens with zero attached hydrogens (tertiary/aromatic N) is 2. The Labute approximate surface area is 121 Å². The lowest BCUT2D eigenvalue weighted by Crippen LogP contribution is -2.26. The van der Waals surface area contributed by atoms with Crippen LogP contribution >= 0.6 is 0 Å². The molecule has 1 aliphatic carbocycles. The van der Waals surface area contributed by atoms with Crippen LogP contribution in [0.5, 0.6) is 0 Å². The first kappa shape index (κ1) is 13.4. The van der Waals surface area contributed by atoms with Gasteiger partial charge in [-0.05, 0) is 43.4 Å². The van der Waals surface area contributed by atoms with Crippen LogP contribution in [0.25, 0.3) is 0 Å². The van der Waals surface area contributed by atoms with Crippen LogP contribution in [0.1, 0.15) is 43.5 Å². The van der Waals surface area contributed by atoms with E-state index in [0.29, 0.717) is 17.9 Å². The molecule has 1 fully saturated rings. The molecule has 1 aromatic carbocycles. The molecule has 1 aliphatic rings. The lowest BCUT2D eigenvalue weighted by Gasteiger charge is -2.19. The monoisotopic (exact) mass is 269 g/mol. The minimum atomic E-state index is 0.424. The van der Waals surface area contributed by atoms with Crippen LogP contribution in [0.15, 0.2) is 42.6 Å². The molecule has 0 aliphatic heterocycles. The Bertz CT molecular complexity index is 546. The van der Waals surface area contributed by atoms with Crippen LogP contribution in [0.4, 0.5) is 0 Å². The Balaban J connectivity index is 1.80. The average Bonchev–Trinajstić information content (AvgIpc) is 3.14. The van der Waals surface area contributed by atoms with Gasteiger partial charge in [0.15, 0.2) is 0 Å². The Morgan fingerprint density at radius 3 is 2.75 bits per heavy atom. The molecule has 3 heteroatoms. The second-order valence-electron chi connectivity index (χ2n) is 5.52. The maximum Gasteiger partial charge on any atom is 0.0556 e. The highest BCUT2D eigenvalue weighted by molar-refractivity contribution is 5.28. The Kier molecular flexibility index (Phi) is 3.88. The topological polar surface area (TPSA) is 29.9 Å². The largest absolute Gasteiger partial charge is 0.309 e. The van der Waals surface area contributed by atoms with Crippen LogP contribution in [-0.4, -0.2) is 16.3 Å². The Morgan fingerprint density at radius 1 is 1.25 bits per heavy atom. The van der Waals surface area contributed by atoms with Crippen molar-refractivity contribution in [1.82, 2.24) is 15.1 Å². The van der Waals surface area contributed by atoms with E-state index < -0.39 is 0 Å². The van der Waals surface area contributed by atoms with E-state index >= 15 is 0 Å². The third kappa shape index (κ3) is 2.50. The van der Waals surface area contributed by atoms with E-state index in [9.17, 15) is 0 Å². The van der Waals surface area contributed by atoms with Crippen molar-refractivity contribution in [2.24, 2.45) is 5.92 Å². The van der Waals surface area contributed by atoms with Gasteiger partial charge < -0.3 is 5.32 Å². The summed E-state index contributed by atoms with van der Waals surface area (Å²) in [6.07, 6.45) is 3.19. The number of hydrogen-bond acceptors (Lipinski definition) is 2. The molecule has 0 amide bonds. The predicted octanol–water partition coefficient (Wildman–Crippen LogP) is 3.36. The summed E-state index contributed by atoms with van der Waals surface area (Å²) in [5.41, 5.74) is 2.81. The fraction of sp³-hybridized carbons (Fsp3) is 0.471. The van der Waals surface area contributed by atoms with Gasteiger partial charge in [-0.2, -0.15) is 5.10 Å². The third-order valence-electron chi connectivity index (χ3n) is 4.29. The maximum atomic E-state index is 4.42. The van der Waals surface area contributed by atoms with Gasteiger partial charge in [0.05, 0.1) is 11.7 Å². The number of aryl methyl sites for hydroxylation is 1. The Morgan fingerprint density at radius 2 is 2.05 bits per heavy atom. The van der Waals surface area contributed by atoms with Crippen LogP contribution < -0.4 is 5.32 Å². The molecule has 1 aromatic heterocycles. The molecule has 0 bridgehead atoms. The van der Waals surface area contributed by atoms with Crippen molar-refractivity contribution >= 4 is 0 Å². The molecule has 3 nitrogen and oxygen atoms in total. The summed E-state index contributed by atoms with van der Waals surface area (Å²) in [5.74, 6) is 1.39. The Hall–Kier alpha value is -1.61. The van der Waals surface area contributed by atoms with Crippen LogP contribution in [0.3, 0.4) is 0 Å². The molecule has 0 radical (unpaired) electrons. The summed E-state index contributed by atoms with van der Waals surface area (Å²) in [6.45, 7) is 6.27. The lowest BCUT2D eigenvalue weighted by atomic mass is 10.0. The van der Waals surface area contributed by atoms with Crippen LogP contribution in [0.2, 0.25) is 0 Å². The molecule has 0 spiro atoms. The van der Waals surface area contributed by atoms with Gasteiger partial charge in [-0.1, -0.05) is 37.3 Å². The maximum absolute atomic E-state index is 4.42. The van der Waals surface area contributed by atoms with Crippen molar-refractivity contribution in [2.75, 3.05) is 6.54 Å². The van der Waals surface area contributed by atoms with E-state index in [0.717, 1.165) is 13.1 Å². The first-order chi connectivity index (χ1) is 9.85. The average molecular weight is 269 g/mol. The van der Waals surface area contributed by atoms with E-state index in [1.54, 1.807) is 0 Å². The molecule has 3 unspecified atom stereocenters. The van der Waals surface area contributed by atoms with Crippen molar-refractivity contribution in [1.29, 1.82) is 0 Å². The van der Waals surface area contributed by atoms with E-state index in [1.165, 1.54) is 17.7 Å². The van der Waals surface area contributed by atoms with Crippen molar-refractivity contribution in [2.45, 2.75) is 38.8 Å². The fourth-order valence-electron chi connectivity index (χ4n) is 3.23. The van der Waals surface area contributed by atoms with Gasteiger partial charge in [0.1, 0.15) is 0 Å². The summed E-state index contributed by atoms with van der Waals surface area (Å²) in [4.78, 5) is 0. The van der Waals surface area contributed by atoms with E-state index in [4.69, 9.17) is 0 Å². The summed E-state index contributed by atoms with van der Waals surface area (Å²) < 4.78 is 2.12. The molecule has 3 atom stereocenters. The van der Waals surface area contributed by atoms with Crippen LogP contribution in [0, 0.1) is 5.92 Å². The SMILES string of the molecule is CCNC(c1ccnn1CC)C1CC1c1ccccc1. The van der Waals surface area contributed by atoms with E-state index in [-0.39, 0.29) is 0 Å². The van der Waals surface area contributed by atoms with E-state index in [2.05, 4.69) is 65.3 Å². The predicted molar refractivity (Wildman–Crippen MR) is 81.6 cm³/mol. The van der Waals surface area contributed by atoms with Crippen LogP contribution in [-0.2, 0) is 6.54 Å². The minimum Gasteiger partial charge on any atom is -0.309 e. The highest BCUT2D eigenvalue weighted by Crippen LogP contribution is 2.53. The number of aromatic nitrogens is 2. The molecule has 2 aromatic rings. The number of rotatable bonds is 6. The lowest BCUT2D eigenvalue weighted by molar-refractivity contribution is 0.444. The van der Waals surface area contributed by atoms with Gasteiger partial charge in [0.25, 0.3) is 0 Å². The standard InChI is InChI=1S/C17H23N3/c1-3-18-17(16-10-11-19-20(16)4-2)15-12-14(15)13-8-6-5-7-9-13/h5-11,14-15,17-18H,3-4,12H2,1-2H3. The first-order valence-electron chi connectivity index (χ1n) is 7.65. The van der Waals surface area contributed by atoms with Crippen molar-refractivity contribution in [3.05, 3.63) is 53.9 Å². The molecule has 0 saturated heterocycles. The quantitative estimate of drug-likeness (QED) is 0.871. The summed E-state index contributed by atoms with van der Waals surface area (Å²) in [5, 5.41) is 8.08. The molecule has 106 valence electrons. The highest BCUT2D eigenvalue weighted by atomic mass is 15.3. The third-order valence-corrected chi connectivity index (χ3v) is 4.29. The van der Waals surface area contributed by atoms with Crippen molar-refractivity contribution in [3.63, 3.8) is 0 Å². The van der Waals surface area contributed by atoms with Gasteiger partial charge >= 0.3 is 0 Å². The summed E-state index contributed by atoms with van der Waals surface area (Å²) in [6, 6.07) is 13.5. The van der Waals surface area contributed by atoms with Crippen molar-refractivity contribution < 1.29 is 0 Å². The smallest absolute Gasteiger partial charge is 0.0556 e. The zero-order valence-electron chi connectivity index (χ0n) is 12.3. The van der Waals surface area contributed by atoms with Crippen molar-refractivity contribution in [3.8, 4) is 0 Å². The fourth-order valence-corrected chi connectivity index (χ4v) is 3.23. The molecular formula is C17H23N3. The summed E-state index contributed by atoms with van der Waals surface area (Å²) >= 11 is 0. The van der Waals surface area contributed by atoms with Gasteiger partial charge in [0.2, 0.25) is 0 Å². The number of hydrogen-bond donors (Lipinski definition) is 1. The van der Waals surface area contributed by atoms with E-state index in [1.807, 2.05) is 6.20 Å². The number of nitrogens with one attached hydrogen (secondary N) is 1. The first-order valence-corrected chi connectivity index (χ1v) is 7.65. The van der Waals surface area contributed by atoms with Gasteiger partial charge in [-0.3, -0.25) is 4.68 Å². The second-order valence-corrected chi connectivity index (χ2v) is 5.52. The van der Waals surface area contributed by atoms with Gasteiger partial charge in [-0.25, -0.2) is 0 Å². The molecule has 1 N–H and O–H groups in total. The zero-order valence-corrected chi connectivity index (χ0v) is 12.3. The zero-order chi connectivity index (χ0) is 13.9. The molecule has 1 heterocycles. The van der Waals surface area contributed by atoms with Gasteiger partial charge in [-0.15, -0.1) is 0 Å². The normalized spacial score (nSPS) is 22.7. The molecule has 1 saturated carbocycles. The minimum absolute atomic E-state index is 0.424. The molecular weight excluding hydrogens is 246 g/mol. The highest BCUT2D eigenvalue weighted by Gasteiger charge is 2.44. The second kappa shape index (κ2) is 5.80. The molecule has 3 rings (SSSR count).